The number of ether oxygens (including phenoxy) is 1. The predicted molar refractivity (Wildman–Crippen MR) is 51.9 cm³/mol. The molecule has 94 valence electrons. The molecule has 0 spiro atoms. The number of aromatic nitrogens is 2. The fourth-order valence-electron chi connectivity index (χ4n) is 1.76. The Morgan fingerprint density at radius 2 is 2.24 bits per heavy atom. The van der Waals surface area contributed by atoms with Crippen molar-refractivity contribution < 1.29 is 25.0 Å². The van der Waals surface area contributed by atoms with Crippen molar-refractivity contribution in [2.45, 2.75) is 24.5 Å². The molecular formula is C8H11N3O6. The van der Waals surface area contributed by atoms with Gasteiger partial charge in [0.2, 0.25) is 6.23 Å². The molecule has 1 aromatic rings. The molecule has 1 aliphatic rings. The highest BCUT2D eigenvalue weighted by Crippen LogP contribution is 2.31. The smallest absolute Gasteiger partial charge is 0.394 e. The largest absolute Gasteiger partial charge is 0.436 e. The summed E-state index contributed by atoms with van der Waals surface area (Å²) in [6, 6.07) is 0. The maximum Gasteiger partial charge on any atom is 0.436 e. The highest BCUT2D eigenvalue weighted by molar-refractivity contribution is 5.09. The standard InChI is InChI=1S/C8H11N3O6/c12-3-4-5(13)6(14)7(17-4)10-2-1-9-8(10)11(15)16/h1-2,4-7,12-14H,3H2/t4-,5-,6-,7+/m1/s1. The second kappa shape index (κ2) is 4.37. The van der Waals surface area contributed by atoms with Crippen LogP contribution < -0.4 is 0 Å². The lowest BCUT2D eigenvalue weighted by Crippen LogP contribution is -2.33. The molecule has 17 heavy (non-hydrogen) atoms. The molecule has 2 heterocycles. The van der Waals surface area contributed by atoms with E-state index in [4.69, 9.17) is 9.84 Å². The summed E-state index contributed by atoms with van der Waals surface area (Å²) < 4.78 is 6.14. The Bertz CT molecular complexity index is 421. The zero-order valence-electron chi connectivity index (χ0n) is 8.58. The van der Waals surface area contributed by atoms with Gasteiger partial charge in [0.1, 0.15) is 30.7 Å². The van der Waals surface area contributed by atoms with E-state index in [-0.39, 0.29) is 0 Å². The normalized spacial score (nSPS) is 32.9. The first-order valence-corrected chi connectivity index (χ1v) is 4.86. The zero-order chi connectivity index (χ0) is 12.6. The third-order valence-corrected chi connectivity index (χ3v) is 2.60. The molecule has 1 fully saturated rings. The molecule has 0 bridgehead atoms. The Labute approximate surface area is 95.0 Å². The van der Waals surface area contributed by atoms with Crippen LogP contribution in [0.4, 0.5) is 5.95 Å². The van der Waals surface area contributed by atoms with E-state index in [0.29, 0.717) is 0 Å². The Morgan fingerprint density at radius 3 is 2.76 bits per heavy atom. The maximum atomic E-state index is 10.7. The van der Waals surface area contributed by atoms with Crippen molar-refractivity contribution in [3.63, 3.8) is 0 Å². The number of nitro groups is 1. The third kappa shape index (κ3) is 1.89. The third-order valence-electron chi connectivity index (χ3n) is 2.60. The van der Waals surface area contributed by atoms with Crippen molar-refractivity contribution in [1.29, 1.82) is 0 Å². The average molecular weight is 245 g/mol. The Morgan fingerprint density at radius 1 is 1.53 bits per heavy atom. The molecule has 9 nitrogen and oxygen atoms in total. The number of aliphatic hydroxyl groups is 3. The fraction of sp³-hybridized carbons (Fsp3) is 0.625. The first-order chi connectivity index (χ1) is 8.06. The molecule has 0 unspecified atom stereocenters. The first kappa shape index (κ1) is 11.9. The lowest BCUT2D eigenvalue weighted by molar-refractivity contribution is -0.398. The van der Waals surface area contributed by atoms with Crippen molar-refractivity contribution in [2.75, 3.05) is 6.61 Å². The van der Waals surface area contributed by atoms with Crippen LogP contribution in [0.1, 0.15) is 6.23 Å². The second-order valence-corrected chi connectivity index (χ2v) is 3.62. The summed E-state index contributed by atoms with van der Waals surface area (Å²) in [6.07, 6.45) is -2.32. The van der Waals surface area contributed by atoms with Crippen molar-refractivity contribution in [3.05, 3.63) is 22.5 Å². The molecule has 3 N–H and O–H groups in total. The first-order valence-electron chi connectivity index (χ1n) is 4.86. The van der Waals surface area contributed by atoms with Crippen LogP contribution >= 0.6 is 0 Å². The average Bonchev–Trinajstić information content (AvgIpc) is 2.86. The zero-order valence-corrected chi connectivity index (χ0v) is 8.58. The van der Waals surface area contributed by atoms with Crippen molar-refractivity contribution in [1.82, 2.24) is 9.55 Å². The lowest BCUT2D eigenvalue weighted by atomic mass is 10.1. The molecule has 0 aromatic carbocycles. The molecule has 0 aliphatic carbocycles. The topological polar surface area (TPSA) is 131 Å². The highest BCUT2D eigenvalue weighted by Gasteiger charge is 2.46. The summed E-state index contributed by atoms with van der Waals surface area (Å²) >= 11 is 0. The van der Waals surface area contributed by atoms with E-state index in [0.717, 1.165) is 4.57 Å². The monoisotopic (exact) mass is 245 g/mol. The molecule has 0 saturated carbocycles. The van der Waals surface area contributed by atoms with E-state index >= 15 is 0 Å². The van der Waals surface area contributed by atoms with Gasteiger partial charge in [-0.3, -0.25) is 0 Å². The molecule has 0 radical (unpaired) electrons. The lowest BCUT2D eigenvalue weighted by Gasteiger charge is -2.13. The van der Waals surface area contributed by atoms with Gasteiger partial charge >= 0.3 is 5.95 Å². The van der Waals surface area contributed by atoms with E-state index in [1.165, 1.54) is 12.4 Å². The van der Waals surface area contributed by atoms with Gasteiger partial charge in [-0.2, -0.15) is 4.57 Å². The number of aliphatic hydroxyl groups excluding tert-OH is 3. The van der Waals surface area contributed by atoms with Gasteiger partial charge in [0.15, 0.2) is 0 Å². The summed E-state index contributed by atoms with van der Waals surface area (Å²) in [5.41, 5.74) is 0. The number of hydrogen-bond donors (Lipinski definition) is 3. The minimum Gasteiger partial charge on any atom is -0.394 e. The number of rotatable bonds is 3. The summed E-state index contributed by atoms with van der Waals surface area (Å²) in [5, 5.41) is 38.7. The maximum absolute atomic E-state index is 10.7. The Kier molecular flexibility index (Phi) is 3.07. The summed E-state index contributed by atoms with van der Waals surface area (Å²) in [6.45, 7) is -0.489. The van der Waals surface area contributed by atoms with Crippen LogP contribution in [0.3, 0.4) is 0 Å². The highest BCUT2D eigenvalue weighted by atomic mass is 16.6. The van der Waals surface area contributed by atoms with Crippen molar-refractivity contribution >= 4 is 5.95 Å². The van der Waals surface area contributed by atoms with Crippen LogP contribution in [-0.4, -0.2) is 54.7 Å². The molecule has 2 rings (SSSR count). The van der Waals surface area contributed by atoms with Crippen LogP contribution in [0.25, 0.3) is 0 Å². The van der Waals surface area contributed by atoms with Crippen molar-refractivity contribution in [2.24, 2.45) is 0 Å². The Hall–Kier alpha value is -1.55. The summed E-state index contributed by atoms with van der Waals surface area (Å²) in [7, 11) is 0. The van der Waals surface area contributed by atoms with Gasteiger partial charge in [0.25, 0.3) is 0 Å². The summed E-state index contributed by atoms with van der Waals surface area (Å²) in [5.74, 6) is -0.500. The van der Waals surface area contributed by atoms with Gasteiger partial charge in [0, 0.05) is 0 Å². The molecule has 1 saturated heterocycles. The van der Waals surface area contributed by atoms with Gasteiger partial charge in [-0.1, -0.05) is 4.98 Å². The summed E-state index contributed by atoms with van der Waals surface area (Å²) in [4.78, 5) is 13.4. The molecule has 0 amide bonds. The van der Waals surface area contributed by atoms with Gasteiger partial charge in [-0.05, 0) is 4.92 Å². The van der Waals surface area contributed by atoms with Gasteiger partial charge in [-0.25, -0.2) is 0 Å². The van der Waals surface area contributed by atoms with Crippen LogP contribution in [0.15, 0.2) is 12.4 Å². The minimum absolute atomic E-state index is 0.489. The van der Waals surface area contributed by atoms with Crippen LogP contribution in [0.5, 0.6) is 0 Å². The Balaban J connectivity index is 2.29. The molecule has 9 heteroatoms. The number of imidazole rings is 1. The van der Waals surface area contributed by atoms with Gasteiger partial charge < -0.3 is 30.2 Å². The molecular weight excluding hydrogens is 234 g/mol. The van der Waals surface area contributed by atoms with E-state index in [1.807, 2.05) is 0 Å². The molecule has 4 atom stereocenters. The van der Waals surface area contributed by atoms with Crippen LogP contribution in [0.2, 0.25) is 0 Å². The SMILES string of the molecule is O=[N+]([O-])c1nccn1[C@H]1O[C@H](CO)[C@@H](O)[C@H]1O. The van der Waals surface area contributed by atoms with Gasteiger partial charge in [-0.15, -0.1) is 0 Å². The van der Waals surface area contributed by atoms with E-state index in [9.17, 15) is 20.3 Å². The molecule has 1 aromatic heterocycles. The minimum atomic E-state index is -1.36. The fourth-order valence-corrected chi connectivity index (χ4v) is 1.76. The predicted octanol–water partition coefficient (Wildman–Crippen LogP) is -1.60. The second-order valence-electron chi connectivity index (χ2n) is 3.62. The van der Waals surface area contributed by atoms with Gasteiger partial charge in [0.05, 0.1) is 6.61 Å². The molecule has 1 aliphatic heterocycles. The van der Waals surface area contributed by atoms with Crippen LogP contribution in [-0.2, 0) is 4.74 Å². The van der Waals surface area contributed by atoms with E-state index in [2.05, 4.69) is 4.98 Å². The van der Waals surface area contributed by atoms with Crippen molar-refractivity contribution in [3.8, 4) is 0 Å². The number of nitrogens with zero attached hydrogens (tertiary/aromatic N) is 3. The van der Waals surface area contributed by atoms with Crippen LogP contribution in [0, 0.1) is 10.1 Å². The van der Waals surface area contributed by atoms with E-state index in [1.54, 1.807) is 0 Å². The number of hydrogen-bond acceptors (Lipinski definition) is 7. The van der Waals surface area contributed by atoms with E-state index < -0.39 is 42.0 Å². The quantitative estimate of drug-likeness (QED) is 0.431.